The first-order chi connectivity index (χ1) is 15.7. The number of benzene rings is 2. The zero-order valence-corrected chi connectivity index (χ0v) is 18.6. The molecule has 2 fully saturated rings. The molecule has 32 heavy (non-hydrogen) atoms. The minimum absolute atomic E-state index is 0.0407. The van der Waals surface area contributed by atoms with E-state index in [-0.39, 0.29) is 11.9 Å². The molecule has 1 amide bonds. The molecule has 6 nitrogen and oxygen atoms in total. The Morgan fingerprint density at radius 1 is 1.12 bits per heavy atom. The highest BCUT2D eigenvalue weighted by molar-refractivity contribution is 6.15. The van der Waals surface area contributed by atoms with E-state index in [0.717, 1.165) is 30.0 Å². The third-order valence-corrected chi connectivity index (χ3v) is 5.94. The van der Waals surface area contributed by atoms with Crippen molar-refractivity contribution >= 4 is 11.6 Å². The average molecular weight is 434 g/mol. The van der Waals surface area contributed by atoms with Crippen LogP contribution in [0.5, 0.6) is 5.75 Å². The van der Waals surface area contributed by atoms with Gasteiger partial charge in [-0.15, -0.1) is 0 Å². The van der Waals surface area contributed by atoms with Gasteiger partial charge >= 0.3 is 0 Å². The number of hydrogen-bond acceptors (Lipinski definition) is 5. The minimum Gasteiger partial charge on any atom is -0.497 e. The molecule has 0 bridgehead atoms. The van der Waals surface area contributed by atoms with E-state index in [0.29, 0.717) is 17.9 Å². The molecule has 1 N–H and O–H groups in total. The molecular formula is C26H31N3O3. The lowest BCUT2D eigenvalue weighted by molar-refractivity contribution is -0.119. The molecule has 0 aromatic heterocycles. The smallest absolute Gasteiger partial charge is 0.257 e. The molecule has 168 valence electrons. The third kappa shape index (κ3) is 5.03. The normalized spacial score (nSPS) is 19.8. The number of likely N-dealkylation sites (tertiary alicyclic amines) is 1. The first kappa shape index (κ1) is 22.1. The summed E-state index contributed by atoms with van der Waals surface area (Å²) in [6, 6.07) is 17.4. The summed E-state index contributed by atoms with van der Waals surface area (Å²) in [4.78, 5) is 22.9. The van der Waals surface area contributed by atoms with Gasteiger partial charge in [0.15, 0.2) is 0 Å². The van der Waals surface area contributed by atoms with Crippen LogP contribution < -0.4 is 15.1 Å². The molecule has 2 aromatic carbocycles. The van der Waals surface area contributed by atoms with Crippen LogP contribution in [0.25, 0.3) is 0 Å². The maximum atomic E-state index is 13.1. The lowest BCUT2D eigenvalue weighted by Gasteiger charge is -2.43. The van der Waals surface area contributed by atoms with Crippen molar-refractivity contribution in [3.8, 4) is 5.75 Å². The van der Waals surface area contributed by atoms with Crippen molar-refractivity contribution < 1.29 is 14.4 Å². The number of amides is 1. The van der Waals surface area contributed by atoms with Gasteiger partial charge in [0.2, 0.25) is 0 Å². The van der Waals surface area contributed by atoms with Crippen LogP contribution >= 0.6 is 0 Å². The lowest BCUT2D eigenvalue weighted by Crippen LogP contribution is -2.49. The van der Waals surface area contributed by atoms with Crippen LogP contribution in [0.15, 0.2) is 78.5 Å². The van der Waals surface area contributed by atoms with E-state index in [1.165, 1.54) is 25.9 Å². The Kier molecular flexibility index (Phi) is 7.24. The van der Waals surface area contributed by atoms with Gasteiger partial charge in [-0.25, -0.2) is 0 Å². The largest absolute Gasteiger partial charge is 0.497 e. The Labute approximate surface area is 190 Å². The standard InChI is InChI=1S/C26H31N3O3/c1-20(27-32-18-8-17-28-15-6-7-16-28)19-24-25(21-9-4-3-5-10-21)29(26(24)30)22-11-13-23(31-2)14-12-22/h3-5,9-14,19,25,27H,1,6-8,15-18H2,2H3. The van der Waals surface area contributed by atoms with Crippen molar-refractivity contribution in [1.29, 1.82) is 0 Å². The van der Waals surface area contributed by atoms with E-state index in [1.807, 2.05) is 54.6 Å². The number of carbonyl (C=O) groups is 1. The fourth-order valence-electron chi connectivity index (χ4n) is 4.29. The molecule has 2 aliphatic rings. The molecule has 1 unspecified atom stereocenters. The summed E-state index contributed by atoms with van der Waals surface area (Å²) in [6.45, 7) is 8.07. The van der Waals surface area contributed by atoms with Crippen molar-refractivity contribution in [1.82, 2.24) is 10.4 Å². The fourth-order valence-corrected chi connectivity index (χ4v) is 4.29. The zero-order chi connectivity index (χ0) is 22.3. The maximum Gasteiger partial charge on any atom is 0.257 e. The average Bonchev–Trinajstić information content (AvgIpc) is 3.35. The summed E-state index contributed by atoms with van der Waals surface area (Å²) in [5.41, 5.74) is 6.03. The van der Waals surface area contributed by atoms with Gasteiger partial charge in [-0.1, -0.05) is 36.9 Å². The Balaban J connectivity index is 1.40. The zero-order valence-electron chi connectivity index (χ0n) is 18.6. The molecule has 0 spiro atoms. The number of rotatable bonds is 10. The molecule has 4 rings (SSSR count). The molecule has 0 aliphatic carbocycles. The van der Waals surface area contributed by atoms with Gasteiger partial charge in [-0.2, -0.15) is 0 Å². The number of allylic oxidation sites excluding steroid dienone is 1. The SMILES string of the molecule is C=C(C=C1C(=O)N(c2ccc(OC)cc2)C1c1ccccc1)NOCCCN1CCCC1. The molecule has 2 heterocycles. The predicted octanol–water partition coefficient (Wildman–Crippen LogP) is 4.23. The first-order valence-electron chi connectivity index (χ1n) is 11.2. The summed E-state index contributed by atoms with van der Waals surface area (Å²) in [5.74, 6) is 0.717. The van der Waals surface area contributed by atoms with Crippen LogP contribution in [0.4, 0.5) is 5.69 Å². The molecule has 6 heteroatoms. The lowest BCUT2D eigenvalue weighted by atomic mass is 9.86. The molecule has 1 atom stereocenters. The number of hydroxylamine groups is 1. The number of methoxy groups -OCH3 is 1. The van der Waals surface area contributed by atoms with E-state index in [9.17, 15) is 4.79 Å². The van der Waals surface area contributed by atoms with Crippen molar-refractivity contribution in [2.24, 2.45) is 0 Å². The molecule has 0 saturated carbocycles. The third-order valence-electron chi connectivity index (χ3n) is 5.94. The van der Waals surface area contributed by atoms with Crippen molar-refractivity contribution in [3.05, 3.63) is 84.1 Å². The highest BCUT2D eigenvalue weighted by Gasteiger charge is 2.43. The monoisotopic (exact) mass is 433 g/mol. The Morgan fingerprint density at radius 2 is 1.84 bits per heavy atom. The Bertz CT molecular complexity index is 950. The number of hydrogen-bond donors (Lipinski definition) is 1. The van der Waals surface area contributed by atoms with Gasteiger partial charge in [0.05, 0.1) is 25.5 Å². The second kappa shape index (κ2) is 10.5. The number of β-lactam (4-membered cyclic amide) rings is 1. The van der Waals surface area contributed by atoms with Crippen molar-refractivity contribution in [2.45, 2.75) is 25.3 Å². The predicted molar refractivity (Wildman–Crippen MR) is 126 cm³/mol. The van der Waals surface area contributed by atoms with Crippen LogP contribution in [0.2, 0.25) is 0 Å². The van der Waals surface area contributed by atoms with Gasteiger partial charge in [0, 0.05) is 17.8 Å². The number of carbonyl (C=O) groups excluding carboxylic acids is 1. The van der Waals surface area contributed by atoms with Gasteiger partial charge in [-0.05, 0) is 68.3 Å². The highest BCUT2D eigenvalue weighted by atomic mass is 16.6. The highest BCUT2D eigenvalue weighted by Crippen LogP contribution is 2.43. The summed E-state index contributed by atoms with van der Waals surface area (Å²) >= 11 is 0. The van der Waals surface area contributed by atoms with E-state index in [4.69, 9.17) is 9.57 Å². The van der Waals surface area contributed by atoms with Crippen LogP contribution in [0.3, 0.4) is 0 Å². The van der Waals surface area contributed by atoms with Crippen LogP contribution in [-0.4, -0.2) is 44.2 Å². The number of nitrogens with one attached hydrogen (secondary N) is 1. The topological polar surface area (TPSA) is 54.0 Å². The van der Waals surface area contributed by atoms with Gasteiger partial charge in [-0.3, -0.25) is 20.0 Å². The van der Waals surface area contributed by atoms with E-state index in [2.05, 4.69) is 17.0 Å². The van der Waals surface area contributed by atoms with Gasteiger partial charge in [0.1, 0.15) is 5.75 Å². The maximum absolute atomic E-state index is 13.1. The molecule has 0 radical (unpaired) electrons. The number of anilines is 1. The molecule has 2 aliphatic heterocycles. The van der Waals surface area contributed by atoms with Crippen LogP contribution in [-0.2, 0) is 9.63 Å². The van der Waals surface area contributed by atoms with Crippen LogP contribution in [0, 0.1) is 0 Å². The second-order valence-corrected chi connectivity index (χ2v) is 8.16. The van der Waals surface area contributed by atoms with Crippen molar-refractivity contribution in [2.75, 3.05) is 38.3 Å². The molecule has 2 aromatic rings. The fraction of sp³-hybridized carbons (Fsp3) is 0.346. The summed E-state index contributed by atoms with van der Waals surface area (Å²) in [6.07, 6.45) is 5.36. The van der Waals surface area contributed by atoms with E-state index >= 15 is 0 Å². The number of nitrogens with zero attached hydrogens (tertiary/aromatic N) is 2. The second-order valence-electron chi connectivity index (χ2n) is 8.16. The quantitative estimate of drug-likeness (QED) is 0.263. The van der Waals surface area contributed by atoms with Crippen molar-refractivity contribution in [3.63, 3.8) is 0 Å². The summed E-state index contributed by atoms with van der Waals surface area (Å²) < 4.78 is 5.25. The number of ether oxygens (including phenoxy) is 1. The Morgan fingerprint density at radius 3 is 2.53 bits per heavy atom. The van der Waals surface area contributed by atoms with Gasteiger partial charge < -0.3 is 9.64 Å². The van der Waals surface area contributed by atoms with E-state index < -0.39 is 0 Å². The summed E-state index contributed by atoms with van der Waals surface area (Å²) in [5, 5.41) is 0. The van der Waals surface area contributed by atoms with Crippen LogP contribution in [0.1, 0.15) is 30.9 Å². The minimum atomic E-state index is -0.175. The van der Waals surface area contributed by atoms with Gasteiger partial charge in [0.25, 0.3) is 5.91 Å². The molecular weight excluding hydrogens is 402 g/mol. The first-order valence-corrected chi connectivity index (χ1v) is 11.2. The Hall–Kier alpha value is -3.09. The van der Waals surface area contributed by atoms with E-state index in [1.54, 1.807) is 18.1 Å². The summed E-state index contributed by atoms with van der Waals surface area (Å²) in [7, 11) is 1.63. The molecule has 2 saturated heterocycles.